The average Bonchev–Trinajstić information content (AvgIpc) is 2.70. The Bertz CT molecular complexity index is 532. The van der Waals surface area contributed by atoms with E-state index in [0.29, 0.717) is 12.2 Å². The van der Waals surface area contributed by atoms with Gasteiger partial charge in [0.25, 0.3) is 0 Å². The van der Waals surface area contributed by atoms with E-state index >= 15 is 0 Å². The molecule has 1 aliphatic rings. The van der Waals surface area contributed by atoms with Crippen molar-refractivity contribution in [3.63, 3.8) is 0 Å². The highest BCUT2D eigenvalue weighted by Gasteiger charge is 2.30. The molecule has 5 heteroatoms. The maximum atomic E-state index is 11.9. The van der Waals surface area contributed by atoms with Crippen LogP contribution in [0.1, 0.15) is 43.6 Å². The topological polar surface area (TPSA) is 79.5 Å². The molecular weight excluding hydrogens is 270 g/mol. The van der Waals surface area contributed by atoms with Gasteiger partial charge < -0.3 is 14.8 Å². The molecule has 2 unspecified atom stereocenters. The molecule has 5 nitrogen and oxygen atoms in total. The van der Waals surface area contributed by atoms with Gasteiger partial charge in [0.15, 0.2) is 0 Å². The van der Waals surface area contributed by atoms with E-state index < -0.39 is 11.9 Å². The second-order valence-corrected chi connectivity index (χ2v) is 5.48. The van der Waals surface area contributed by atoms with E-state index in [1.807, 2.05) is 13.0 Å². The van der Waals surface area contributed by atoms with Crippen LogP contribution in [-0.4, -0.2) is 23.0 Å². The fourth-order valence-corrected chi connectivity index (χ4v) is 2.71. The van der Waals surface area contributed by atoms with Gasteiger partial charge in [0.2, 0.25) is 5.91 Å². The minimum atomic E-state index is -0.826. The minimum absolute atomic E-state index is 0.276. The van der Waals surface area contributed by atoms with Gasteiger partial charge in [-0.2, -0.15) is 0 Å². The van der Waals surface area contributed by atoms with Crippen molar-refractivity contribution in [1.29, 1.82) is 0 Å². The molecule has 1 aliphatic carbocycles. The highest BCUT2D eigenvalue weighted by atomic mass is 16.4. The van der Waals surface area contributed by atoms with E-state index in [9.17, 15) is 14.7 Å². The van der Waals surface area contributed by atoms with Gasteiger partial charge in [0.1, 0.15) is 11.5 Å². The molecule has 0 aromatic carbocycles. The van der Waals surface area contributed by atoms with Gasteiger partial charge in [0.05, 0.1) is 5.92 Å². The first-order valence-electron chi connectivity index (χ1n) is 7.34. The van der Waals surface area contributed by atoms with Gasteiger partial charge in [-0.3, -0.25) is 9.59 Å². The van der Waals surface area contributed by atoms with Crippen LogP contribution in [0.15, 0.2) is 22.6 Å². The van der Waals surface area contributed by atoms with Crippen molar-refractivity contribution in [2.75, 3.05) is 0 Å². The molecule has 0 bridgehead atoms. The zero-order valence-corrected chi connectivity index (χ0v) is 12.2. The minimum Gasteiger partial charge on any atom is -0.481 e. The highest BCUT2D eigenvalue weighted by molar-refractivity contribution is 5.92. The summed E-state index contributed by atoms with van der Waals surface area (Å²) in [7, 11) is 0. The SMILES string of the molecule is Cc1ccc(/C=C/C(=O)NC2CCCCCC2C(=O)O)o1. The number of amides is 1. The Balaban J connectivity index is 1.96. The quantitative estimate of drug-likeness (QED) is 0.660. The van der Waals surface area contributed by atoms with Crippen molar-refractivity contribution in [3.8, 4) is 0 Å². The number of carboxylic acid groups (broad SMARTS) is 1. The molecule has 114 valence electrons. The Morgan fingerprint density at radius 3 is 2.71 bits per heavy atom. The van der Waals surface area contributed by atoms with E-state index in [1.54, 1.807) is 12.1 Å². The van der Waals surface area contributed by atoms with Crippen molar-refractivity contribution >= 4 is 18.0 Å². The van der Waals surface area contributed by atoms with Gasteiger partial charge in [-0.1, -0.05) is 19.3 Å². The van der Waals surface area contributed by atoms with Crippen LogP contribution in [-0.2, 0) is 9.59 Å². The van der Waals surface area contributed by atoms with Gasteiger partial charge in [-0.05, 0) is 38.0 Å². The number of carboxylic acids is 1. The molecule has 2 atom stereocenters. The third-order valence-corrected chi connectivity index (χ3v) is 3.82. The number of aryl methyl sites for hydroxylation is 1. The number of carbonyl (C=O) groups excluding carboxylic acids is 1. The van der Waals surface area contributed by atoms with Gasteiger partial charge >= 0.3 is 5.97 Å². The molecule has 2 N–H and O–H groups in total. The fraction of sp³-hybridized carbons (Fsp3) is 0.500. The van der Waals surface area contributed by atoms with Gasteiger partial charge in [-0.15, -0.1) is 0 Å². The number of aliphatic carboxylic acids is 1. The van der Waals surface area contributed by atoms with Crippen LogP contribution in [0.5, 0.6) is 0 Å². The van der Waals surface area contributed by atoms with Gasteiger partial charge in [0, 0.05) is 12.1 Å². The summed E-state index contributed by atoms with van der Waals surface area (Å²) in [6.07, 6.45) is 7.22. The molecule has 1 aromatic heterocycles. The number of furan rings is 1. The molecule has 2 rings (SSSR count). The smallest absolute Gasteiger partial charge is 0.308 e. The Labute approximate surface area is 124 Å². The lowest BCUT2D eigenvalue weighted by Crippen LogP contribution is -2.42. The third kappa shape index (κ3) is 4.48. The number of hydrogen-bond acceptors (Lipinski definition) is 3. The maximum Gasteiger partial charge on any atom is 0.308 e. The summed E-state index contributed by atoms with van der Waals surface area (Å²) in [5, 5.41) is 12.1. The van der Waals surface area contributed by atoms with E-state index in [0.717, 1.165) is 31.4 Å². The lowest BCUT2D eigenvalue weighted by Gasteiger charge is -2.22. The molecule has 0 radical (unpaired) electrons. The first-order chi connectivity index (χ1) is 10.1. The number of carbonyl (C=O) groups is 2. The first-order valence-corrected chi connectivity index (χ1v) is 7.34. The van der Waals surface area contributed by atoms with Crippen LogP contribution in [0.2, 0.25) is 0 Å². The summed E-state index contributed by atoms with van der Waals surface area (Å²) in [6, 6.07) is 3.31. The summed E-state index contributed by atoms with van der Waals surface area (Å²) >= 11 is 0. The largest absolute Gasteiger partial charge is 0.481 e. The predicted molar refractivity (Wildman–Crippen MR) is 78.6 cm³/mol. The van der Waals surface area contributed by atoms with Crippen molar-refractivity contribution < 1.29 is 19.1 Å². The van der Waals surface area contributed by atoms with E-state index in [2.05, 4.69) is 5.32 Å². The molecule has 0 aliphatic heterocycles. The lowest BCUT2D eigenvalue weighted by molar-refractivity contribution is -0.143. The zero-order valence-electron chi connectivity index (χ0n) is 12.2. The van der Waals surface area contributed by atoms with E-state index in [1.165, 1.54) is 6.08 Å². The highest BCUT2D eigenvalue weighted by Crippen LogP contribution is 2.23. The first kappa shape index (κ1) is 15.4. The van der Waals surface area contributed by atoms with Crippen LogP contribution >= 0.6 is 0 Å². The van der Waals surface area contributed by atoms with Crippen LogP contribution in [0.4, 0.5) is 0 Å². The molecule has 0 saturated heterocycles. The monoisotopic (exact) mass is 291 g/mol. The Kier molecular flexibility index (Phi) is 5.20. The molecule has 0 spiro atoms. The maximum absolute atomic E-state index is 11.9. The molecule has 21 heavy (non-hydrogen) atoms. The van der Waals surface area contributed by atoms with Crippen LogP contribution in [0, 0.1) is 12.8 Å². The summed E-state index contributed by atoms with van der Waals surface area (Å²) in [5.41, 5.74) is 0. The number of hydrogen-bond donors (Lipinski definition) is 2. The molecule has 1 amide bonds. The molecule has 1 saturated carbocycles. The molecule has 1 aromatic rings. The zero-order chi connectivity index (χ0) is 15.2. The predicted octanol–water partition coefficient (Wildman–Crippen LogP) is 2.75. The second kappa shape index (κ2) is 7.11. The number of nitrogens with one attached hydrogen (secondary N) is 1. The third-order valence-electron chi connectivity index (χ3n) is 3.82. The normalized spacial score (nSPS) is 22.9. The summed E-state index contributed by atoms with van der Waals surface area (Å²) in [4.78, 5) is 23.2. The lowest BCUT2D eigenvalue weighted by atomic mass is 9.95. The van der Waals surface area contributed by atoms with Gasteiger partial charge in [-0.25, -0.2) is 0 Å². The summed E-state index contributed by atoms with van der Waals surface area (Å²) in [5.74, 6) is -0.200. The Morgan fingerprint density at radius 1 is 1.29 bits per heavy atom. The van der Waals surface area contributed by atoms with E-state index in [4.69, 9.17) is 4.42 Å². The Hall–Kier alpha value is -2.04. The van der Waals surface area contributed by atoms with Crippen molar-refractivity contribution in [1.82, 2.24) is 5.32 Å². The number of rotatable bonds is 4. The standard InChI is InChI=1S/C16H21NO4/c1-11-7-8-12(21-11)9-10-15(18)17-14-6-4-2-3-5-13(14)16(19)20/h7-10,13-14H,2-6H2,1H3,(H,17,18)(H,19,20)/b10-9+. The van der Waals surface area contributed by atoms with Crippen LogP contribution in [0.3, 0.4) is 0 Å². The summed E-state index contributed by atoms with van der Waals surface area (Å²) < 4.78 is 5.34. The molecule has 1 fully saturated rings. The van der Waals surface area contributed by atoms with Crippen LogP contribution in [0.25, 0.3) is 6.08 Å². The van der Waals surface area contributed by atoms with Crippen molar-refractivity contribution in [2.24, 2.45) is 5.92 Å². The fourth-order valence-electron chi connectivity index (χ4n) is 2.71. The summed E-state index contributed by atoms with van der Waals surface area (Å²) in [6.45, 7) is 1.83. The second-order valence-electron chi connectivity index (χ2n) is 5.48. The van der Waals surface area contributed by atoms with Crippen LogP contribution < -0.4 is 5.32 Å². The van der Waals surface area contributed by atoms with Crippen molar-refractivity contribution in [2.45, 2.75) is 45.1 Å². The molecular formula is C16H21NO4. The Morgan fingerprint density at radius 2 is 2.05 bits per heavy atom. The van der Waals surface area contributed by atoms with Crippen molar-refractivity contribution in [3.05, 3.63) is 29.7 Å². The average molecular weight is 291 g/mol. The molecule has 1 heterocycles. The van der Waals surface area contributed by atoms with E-state index in [-0.39, 0.29) is 11.9 Å².